The van der Waals surface area contributed by atoms with Crippen LogP contribution in [-0.4, -0.2) is 33.9 Å². The first kappa shape index (κ1) is 24.6. The maximum Gasteiger partial charge on any atom is 0.218 e. The lowest BCUT2D eigenvalue weighted by molar-refractivity contribution is 0.364. The molecule has 1 aromatic heterocycles. The molecular weight excluding hydrogens is 469 g/mol. The molecule has 0 atom stereocenters. The third kappa shape index (κ3) is 6.25. The minimum atomic E-state index is -3.64. The third-order valence-corrected chi connectivity index (χ3v) is 8.78. The lowest BCUT2D eigenvalue weighted by atomic mass is 10.2. The van der Waals surface area contributed by atoms with Gasteiger partial charge >= 0.3 is 0 Å². The highest BCUT2D eigenvalue weighted by molar-refractivity contribution is 7.90. The van der Waals surface area contributed by atoms with Crippen molar-refractivity contribution in [2.45, 2.75) is 31.0 Å². The molecule has 0 radical (unpaired) electrons. The van der Waals surface area contributed by atoms with E-state index in [1.54, 1.807) is 24.3 Å². The molecule has 172 valence electrons. The molecule has 0 fully saturated rings. The topological polar surface area (TPSA) is 71.5 Å². The van der Waals surface area contributed by atoms with Gasteiger partial charge in [-0.2, -0.15) is 4.31 Å². The van der Waals surface area contributed by atoms with Gasteiger partial charge in [-0.25, -0.2) is 21.2 Å². The molecule has 5 nitrogen and oxygen atoms in total. The first-order valence-electron chi connectivity index (χ1n) is 10.1. The van der Waals surface area contributed by atoms with Gasteiger partial charge in [0.15, 0.2) is 9.84 Å². The minimum Gasteiger partial charge on any atom is -0.224 e. The van der Waals surface area contributed by atoms with Crippen LogP contribution in [0.4, 0.5) is 4.39 Å². The monoisotopic (exact) mass is 495 g/mol. The Hall–Kier alpha value is -2.07. The van der Waals surface area contributed by atoms with Crippen molar-refractivity contribution in [2.24, 2.45) is 5.92 Å². The van der Waals surface area contributed by atoms with Gasteiger partial charge in [0.25, 0.3) is 0 Å². The molecule has 2 aromatic carbocycles. The summed E-state index contributed by atoms with van der Waals surface area (Å²) in [5, 5.41) is 0. The largest absolute Gasteiger partial charge is 0.224 e. The molecule has 0 aliphatic rings. The van der Waals surface area contributed by atoms with Crippen LogP contribution in [0.3, 0.4) is 0 Å². The van der Waals surface area contributed by atoms with E-state index in [1.807, 2.05) is 38.1 Å². The van der Waals surface area contributed by atoms with E-state index < -0.39 is 25.7 Å². The second-order valence-corrected chi connectivity index (χ2v) is 13.2. The van der Waals surface area contributed by atoms with Gasteiger partial charge in [-0.1, -0.05) is 50.2 Å². The molecule has 3 rings (SSSR count). The molecular formula is C23H26FNO4S3. The summed E-state index contributed by atoms with van der Waals surface area (Å²) in [6.07, 6.45) is 0.966. The number of sulfonamides is 1. The summed E-state index contributed by atoms with van der Waals surface area (Å²) < 4.78 is 65.3. The Kier molecular flexibility index (Phi) is 7.54. The van der Waals surface area contributed by atoms with E-state index in [0.717, 1.165) is 21.6 Å². The number of thiophene rings is 1. The lowest BCUT2D eigenvalue weighted by Gasteiger charge is -2.23. The molecule has 0 bridgehead atoms. The molecule has 0 aliphatic carbocycles. The lowest BCUT2D eigenvalue weighted by Crippen LogP contribution is -2.34. The number of hydrogen-bond donors (Lipinski definition) is 0. The Morgan fingerprint density at radius 1 is 0.969 bits per heavy atom. The van der Waals surface area contributed by atoms with Crippen LogP contribution in [0.5, 0.6) is 0 Å². The van der Waals surface area contributed by atoms with Crippen molar-refractivity contribution in [1.29, 1.82) is 0 Å². The van der Waals surface area contributed by atoms with Crippen LogP contribution in [0.25, 0.3) is 10.4 Å². The maximum atomic E-state index is 14.3. The van der Waals surface area contributed by atoms with Crippen molar-refractivity contribution in [3.8, 4) is 10.4 Å². The third-order valence-electron chi connectivity index (χ3n) is 4.76. The fraction of sp³-hybridized carbons (Fsp3) is 0.304. The molecule has 3 aromatic rings. The van der Waals surface area contributed by atoms with Crippen LogP contribution >= 0.6 is 11.3 Å². The van der Waals surface area contributed by atoms with E-state index in [-0.39, 0.29) is 23.1 Å². The van der Waals surface area contributed by atoms with Crippen LogP contribution in [0.1, 0.15) is 24.3 Å². The van der Waals surface area contributed by atoms with Gasteiger partial charge in [0, 0.05) is 29.1 Å². The maximum absolute atomic E-state index is 14.3. The van der Waals surface area contributed by atoms with E-state index in [2.05, 4.69) is 0 Å². The Morgan fingerprint density at radius 2 is 1.66 bits per heavy atom. The van der Waals surface area contributed by atoms with Gasteiger partial charge in [0.2, 0.25) is 10.0 Å². The average Bonchev–Trinajstić information content (AvgIpc) is 3.15. The molecule has 1 heterocycles. The number of hydrogen-bond acceptors (Lipinski definition) is 5. The summed E-state index contributed by atoms with van der Waals surface area (Å²) in [5.41, 5.74) is 1.28. The van der Waals surface area contributed by atoms with Gasteiger partial charge in [0.05, 0.1) is 5.75 Å². The standard InChI is InChI=1S/C23H26FNO4S3/c1-17(2)14-25(32(28,29)16-18-7-5-4-6-8-18)15-20-10-11-22(30-20)19-9-12-23(21(24)13-19)31(3,26)27/h4-13,17H,14-16H2,1-3H3. The quantitative estimate of drug-likeness (QED) is 0.421. The zero-order chi connectivity index (χ0) is 23.5. The molecule has 0 saturated carbocycles. The normalized spacial score (nSPS) is 12.6. The molecule has 0 saturated heterocycles. The number of benzene rings is 2. The fourth-order valence-electron chi connectivity index (χ4n) is 3.31. The van der Waals surface area contributed by atoms with Gasteiger partial charge in [-0.3, -0.25) is 0 Å². The highest BCUT2D eigenvalue weighted by Crippen LogP contribution is 2.31. The smallest absolute Gasteiger partial charge is 0.218 e. The molecule has 9 heteroatoms. The summed E-state index contributed by atoms with van der Waals surface area (Å²) in [6.45, 7) is 4.55. The molecule has 0 aliphatic heterocycles. The summed E-state index contributed by atoms with van der Waals surface area (Å²) in [7, 11) is -7.18. The van der Waals surface area contributed by atoms with Gasteiger partial charge < -0.3 is 0 Å². The zero-order valence-corrected chi connectivity index (χ0v) is 20.6. The van der Waals surface area contributed by atoms with Crippen molar-refractivity contribution in [3.05, 3.63) is 76.9 Å². The van der Waals surface area contributed by atoms with Crippen molar-refractivity contribution < 1.29 is 21.2 Å². The summed E-state index contributed by atoms with van der Waals surface area (Å²) in [6, 6.07) is 16.7. The number of rotatable bonds is 9. The van der Waals surface area contributed by atoms with Crippen molar-refractivity contribution in [1.82, 2.24) is 4.31 Å². The second kappa shape index (κ2) is 9.82. The number of halogens is 1. The fourth-order valence-corrected chi connectivity index (χ4v) is 6.79. The van der Waals surface area contributed by atoms with Gasteiger partial charge in [0.1, 0.15) is 10.7 Å². The molecule has 0 amide bonds. The number of sulfone groups is 1. The Bertz CT molecular complexity index is 1280. The van der Waals surface area contributed by atoms with Crippen LogP contribution in [0.2, 0.25) is 0 Å². The van der Waals surface area contributed by atoms with Crippen molar-refractivity contribution in [3.63, 3.8) is 0 Å². The van der Waals surface area contributed by atoms with Crippen LogP contribution in [0.15, 0.2) is 65.6 Å². The Labute approximate surface area is 193 Å². The molecule has 0 unspecified atom stereocenters. The first-order valence-corrected chi connectivity index (χ1v) is 14.4. The zero-order valence-electron chi connectivity index (χ0n) is 18.2. The average molecular weight is 496 g/mol. The number of nitrogens with zero attached hydrogens (tertiary/aromatic N) is 1. The molecule has 0 N–H and O–H groups in total. The van der Waals surface area contributed by atoms with E-state index in [1.165, 1.54) is 27.8 Å². The van der Waals surface area contributed by atoms with Gasteiger partial charge in [-0.05, 0) is 41.3 Å². The minimum absolute atomic E-state index is 0.0725. The Morgan fingerprint density at radius 3 is 2.25 bits per heavy atom. The van der Waals surface area contributed by atoms with Crippen LogP contribution in [-0.2, 0) is 32.2 Å². The Balaban J connectivity index is 1.84. The van der Waals surface area contributed by atoms with Crippen LogP contribution in [0, 0.1) is 11.7 Å². The predicted molar refractivity (Wildman–Crippen MR) is 127 cm³/mol. The van der Waals surface area contributed by atoms with Crippen LogP contribution < -0.4 is 0 Å². The molecule has 32 heavy (non-hydrogen) atoms. The summed E-state index contributed by atoms with van der Waals surface area (Å²) in [5.74, 6) is -0.721. The second-order valence-electron chi connectivity index (χ2n) is 8.11. The van der Waals surface area contributed by atoms with E-state index >= 15 is 0 Å². The highest BCUT2D eigenvalue weighted by Gasteiger charge is 2.24. The van der Waals surface area contributed by atoms with Crippen molar-refractivity contribution >= 4 is 31.2 Å². The first-order chi connectivity index (χ1) is 15.0. The van der Waals surface area contributed by atoms with E-state index in [9.17, 15) is 21.2 Å². The van der Waals surface area contributed by atoms with Gasteiger partial charge in [-0.15, -0.1) is 11.3 Å². The summed E-state index contributed by atoms with van der Waals surface area (Å²) in [4.78, 5) is 1.22. The molecule has 0 spiro atoms. The SMILES string of the molecule is CC(C)CN(Cc1ccc(-c2ccc(S(C)(=O)=O)c(F)c2)s1)S(=O)(=O)Cc1ccccc1. The van der Waals surface area contributed by atoms with E-state index in [0.29, 0.717) is 12.1 Å². The highest BCUT2D eigenvalue weighted by atomic mass is 32.2. The van der Waals surface area contributed by atoms with Crippen molar-refractivity contribution in [2.75, 3.05) is 12.8 Å². The predicted octanol–water partition coefficient (Wildman–Crippen LogP) is 4.95. The summed E-state index contributed by atoms with van der Waals surface area (Å²) >= 11 is 1.36. The van der Waals surface area contributed by atoms with E-state index in [4.69, 9.17) is 0 Å².